The summed E-state index contributed by atoms with van der Waals surface area (Å²) < 4.78 is 5.59. The van der Waals surface area contributed by atoms with Gasteiger partial charge in [-0.15, -0.1) is 0 Å². The van der Waals surface area contributed by atoms with Gasteiger partial charge in [0.15, 0.2) is 0 Å². The summed E-state index contributed by atoms with van der Waals surface area (Å²) >= 11 is 0. The van der Waals surface area contributed by atoms with Crippen LogP contribution in [0.5, 0.6) is 0 Å². The van der Waals surface area contributed by atoms with Gasteiger partial charge < -0.3 is 20.5 Å². The van der Waals surface area contributed by atoms with Crippen molar-refractivity contribution in [2.45, 2.75) is 50.6 Å². The molecular weight excluding hydrogens is 408 g/mol. The summed E-state index contributed by atoms with van der Waals surface area (Å²) in [5, 5.41) is 14.5. The predicted octanol–water partition coefficient (Wildman–Crippen LogP) is 3.67. The van der Waals surface area contributed by atoms with E-state index in [0.717, 1.165) is 11.1 Å². The smallest absolute Gasteiger partial charge is 0.407 e. The van der Waals surface area contributed by atoms with Crippen LogP contribution in [0, 0.1) is 5.92 Å². The molecule has 2 amide bonds. The second-order valence-electron chi connectivity index (χ2n) is 8.68. The lowest BCUT2D eigenvalue weighted by Crippen LogP contribution is -2.39. The van der Waals surface area contributed by atoms with Crippen molar-refractivity contribution in [3.63, 3.8) is 0 Å². The third-order valence-corrected chi connectivity index (χ3v) is 6.34. The lowest BCUT2D eigenvalue weighted by atomic mass is 9.98. The van der Waals surface area contributed by atoms with Crippen molar-refractivity contribution in [1.29, 1.82) is 0 Å². The van der Waals surface area contributed by atoms with E-state index in [2.05, 4.69) is 34.9 Å². The average Bonchev–Trinajstić information content (AvgIpc) is 3.34. The van der Waals surface area contributed by atoms with Crippen LogP contribution < -0.4 is 10.6 Å². The number of hydrogen-bond acceptors (Lipinski definition) is 4. The Labute approximate surface area is 187 Å². The molecule has 0 heterocycles. The number of carboxylic acids is 1. The normalized spacial score (nSPS) is 20.2. The van der Waals surface area contributed by atoms with E-state index >= 15 is 0 Å². The minimum absolute atomic E-state index is 0.00553. The van der Waals surface area contributed by atoms with Crippen molar-refractivity contribution in [3.05, 3.63) is 59.7 Å². The molecule has 32 heavy (non-hydrogen) atoms. The van der Waals surface area contributed by atoms with Gasteiger partial charge in [-0.25, -0.2) is 4.79 Å². The number of rotatable bonds is 7. The first-order valence-electron chi connectivity index (χ1n) is 11.1. The molecule has 0 radical (unpaired) electrons. The highest BCUT2D eigenvalue weighted by Gasteiger charge is 2.33. The van der Waals surface area contributed by atoms with Crippen LogP contribution in [0.1, 0.15) is 49.7 Å². The van der Waals surface area contributed by atoms with Crippen LogP contribution in [0.4, 0.5) is 4.79 Å². The number of nitrogens with one attached hydrogen (secondary N) is 2. The number of fused-ring (bicyclic) bond motifs is 3. The molecule has 3 atom stereocenters. The van der Waals surface area contributed by atoms with Crippen LogP contribution >= 0.6 is 0 Å². The first-order valence-corrected chi connectivity index (χ1v) is 11.1. The minimum Gasteiger partial charge on any atom is -0.481 e. The SMILES string of the molecule is C[C@H](CC(=O)O)NC(=O)[C@@H]1CC[C@H](NC(=O)OCC2c3ccccc3-c3ccccc32)C1. The zero-order chi connectivity index (χ0) is 22.7. The van der Waals surface area contributed by atoms with Gasteiger partial charge in [0.2, 0.25) is 5.91 Å². The van der Waals surface area contributed by atoms with Crippen LogP contribution in [0.3, 0.4) is 0 Å². The van der Waals surface area contributed by atoms with E-state index in [-0.39, 0.29) is 36.8 Å². The molecule has 7 nitrogen and oxygen atoms in total. The lowest BCUT2D eigenvalue weighted by Gasteiger charge is -2.18. The molecule has 0 spiro atoms. The fraction of sp³-hybridized carbons (Fsp3) is 0.400. The van der Waals surface area contributed by atoms with Crippen LogP contribution in [0.25, 0.3) is 11.1 Å². The van der Waals surface area contributed by atoms with E-state index in [1.165, 1.54) is 11.1 Å². The van der Waals surface area contributed by atoms with Crippen LogP contribution in [-0.4, -0.2) is 41.8 Å². The molecule has 0 saturated heterocycles. The number of amides is 2. The van der Waals surface area contributed by atoms with Gasteiger partial charge in [-0.3, -0.25) is 9.59 Å². The van der Waals surface area contributed by atoms with E-state index < -0.39 is 18.1 Å². The molecular formula is C25H28N2O5. The van der Waals surface area contributed by atoms with Crippen molar-refractivity contribution in [2.75, 3.05) is 6.61 Å². The van der Waals surface area contributed by atoms with E-state index in [4.69, 9.17) is 9.84 Å². The molecule has 0 bridgehead atoms. The highest BCUT2D eigenvalue weighted by Crippen LogP contribution is 2.44. The molecule has 0 aromatic heterocycles. The summed E-state index contributed by atoms with van der Waals surface area (Å²) in [5.74, 6) is -1.33. The zero-order valence-electron chi connectivity index (χ0n) is 18.0. The summed E-state index contributed by atoms with van der Waals surface area (Å²) in [6.45, 7) is 1.93. The van der Waals surface area contributed by atoms with E-state index in [0.29, 0.717) is 19.3 Å². The highest BCUT2D eigenvalue weighted by molar-refractivity contribution is 5.81. The molecule has 168 valence electrons. The maximum Gasteiger partial charge on any atom is 0.407 e. The Bertz CT molecular complexity index is 975. The van der Waals surface area contributed by atoms with E-state index in [9.17, 15) is 14.4 Å². The number of ether oxygens (including phenoxy) is 1. The Morgan fingerprint density at radius 3 is 2.28 bits per heavy atom. The summed E-state index contributed by atoms with van der Waals surface area (Å²) in [6.07, 6.45) is 1.28. The molecule has 1 saturated carbocycles. The van der Waals surface area contributed by atoms with Gasteiger partial charge in [0.05, 0.1) is 6.42 Å². The number of hydrogen-bond donors (Lipinski definition) is 3. The van der Waals surface area contributed by atoms with Crippen molar-refractivity contribution in [3.8, 4) is 11.1 Å². The van der Waals surface area contributed by atoms with Crippen molar-refractivity contribution in [2.24, 2.45) is 5.92 Å². The largest absolute Gasteiger partial charge is 0.481 e. The maximum absolute atomic E-state index is 12.5. The molecule has 7 heteroatoms. The number of carbonyl (C=O) groups excluding carboxylic acids is 2. The molecule has 2 aromatic rings. The third kappa shape index (κ3) is 4.77. The second-order valence-corrected chi connectivity index (χ2v) is 8.68. The molecule has 1 fully saturated rings. The number of aliphatic carboxylic acids is 1. The fourth-order valence-corrected chi connectivity index (χ4v) is 4.83. The van der Waals surface area contributed by atoms with Crippen molar-refractivity contribution in [1.82, 2.24) is 10.6 Å². The first-order chi connectivity index (χ1) is 15.4. The molecule has 2 aliphatic rings. The van der Waals surface area contributed by atoms with E-state index in [1.54, 1.807) is 6.92 Å². The zero-order valence-corrected chi connectivity index (χ0v) is 18.0. The van der Waals surface area contributed by atoms with Crippen LogP contribution in [-0.2, 0) is 14.3 Å². The predicted molar refractivity (Wildman–Crippen MR) is 119 cm³/mol. The number of benzene rings is 2. The van der Waals surface area contributed by atoms with Gasteiger partial charge in [-0.05, 0) is 48.4 Å². The standard InChI is InChI=1S/C25H28N2O5/c1-15(12-23(28)29)26-24(30)16-10-11-17(13-16)27-25(31)32-14-22-20-8-4-2-6-18(20)19-7-3-5-9-21(19)22/h2-9,15-17,22H,10-14H2,1H3,(H,26,30)(H,27,31)(H,28,29)/t15-,16-,17+/m1/s1. The third-order valence-electron chi connectivity index (χ3n) is 6.34. The number of alkyl carbamates (subject to hydrolysis) is 1. The topological polar surface area (TPSA) is 105 Å². The molecule has 4 rings (SSSR count). The van der Waals surface area contributed by atoms with Gasteiger partial charge in [-0.2, -0.15) is 0 Å². The second kappa shape index (κ2) is 9.42. The molecule has 3 N–H and O–H groups in total. The Morgan fingerprint density at radius 2 is 1.66 bits per heavy atom. The molecule has 2 aliphatic carbocycles. The summed E-state index contributed by atoms with van der Waals surface area (Å²) in [4.78, 5) is 35.6. The van der Waals surface area contributed by atoms with Gasteiger partial charge in [-0.1, -0.05) is 48.5 Å². The number of carboxylic acid groups (broad SMARTS) is 1. The number of carbonyl (C=O) groups is 3. The summed E-state index contributed by atoms with van der Waals surface area (Å²) in [6, 6.07) is 15.8. The van der Waals surface area contributed by atoms with E-state index in [1.807, 2.05) is 24.3 Å². The van der Waals surface area contributed by atoms with Crippen molar-refractivity contribution >= 4 is 18.0 Å². The first kappa shape index (κ1) is 21.9. The Morgan fingerprint density at radius 1 is 1.03 bits per heavy atom. The average molecular weight is 437 g/mol. The molecule has 2 aromatic carbocycles. The Balaban J connectivity index is 1.28. The quantitative estimate of drug-likeness (QED) is 0.614. The highest BCUT2D eigenvalue weighted by atomic mass is 16.5. The fourth-order valence-electron chi connectivity index (χ4n) is 4.83. The monoisotopic (exact) mass is 436 g/mol. The van der Waals surface area contributed by atoms with Crippen molar-refractivity contribution < 1.29 is 24.2 Å². The van der Waals surface area contributed by atoms with Gasteiger partial charge in [0, 0.05) is 23.9 Å². The maximum atomic E-state index is 12.5. The Hall–Kier alpha value is -3.35. The molecule has 0 unspecified atom stereocenters. The summed E-state index contributed by atoms with van der Waals surface area (Å²) in [7, 11) is 0. The summed E-state index contributed by atoms with van der Waals surface area (Å²) in [5.41, 5.74) is 4.68. The van der Waals surface area contributed by atoms with Gasteiger partial charge in [0.25, 0.3) is 0 Å². The van der Waals surface area contributed by atoms with Crippen LogP contribution in [0.2, 0.25) is 0 Å². The van der Waals surface area contributed by atoms with Crippen LogP contribution in [0.15, 0.2) is 48.5 Å². The van der Waals surface area contributed by atoms with Gasteiger partial charge >= 0.3 is 12.1 Å². The minimum atomic E-state index is -0.945. The van der Waals surface area contributed by atoms with Gasteiger partial charge in [0.1, 0.15) is 6.61 Å². The molecule has 0 aliphatic heterocycles. The Kier molecular flexibility index (Phi) is 6.44. The lowest BCUT2D eigenvalue weighted by molar-refractivity contribution is -0.137.